The first-order valence-electron chi connectivity index (χ1n) is 4.43. The van der Waals surface area contributed by atoms with E-state index in [-0.39, 0.29) is 12.8 Å². The predicted octanol–water partition coefficient (Wildman–Crippen LogP) is 1.11. The summed E-state index contributed by atoms with van der Waals surface area (Å²) in [4.78, 5) is 22.5. The van der Waals surface area contributed by atoms with Crippen molar-refractivity contribution in [3.8, 4) is 0 Å². The van der Waals surface area contributed by atoms with Crippen molar-refractivity contribution in [1.82, 2.24) is 4.90 Å². The minimum absolute atomic E-state index is 0.0882. The Balaban J connectivity index is 3.08. The standard InChI is InChI=1S/C9H12FNO4/c1-2-3-9(7(12)13)4-6(10)5-11(9)8(14)15/h2,6H,1,3-5H2,(H,12,13)(H,14,15)/t6-,9-/m1/s1. The van der Waals surface area contributed by atoms with Crippen LogP contribution >= 0.6 is 0 Å². The number of hydrogen-bond acceptors (Lipinski definition) is 2. The van der Waals surface area contributed by atoms with E-state index in [0.29, 0.717) is 4.90 Å². The fourth-order valence-electron chi connectivity index (χ4n) is 1.90. The normalized spacial score (nSPS) is 30.2. The average Bonchev–Trinajstić information content (AvgIpc) is 2.44. The molecule has 5 nitrogen and oxygen atoms in total. The molecule has 1 heterocycles. The summed E-state index contributed by atoms with van der Waals surface area (Å²) in [5, 5.41) is 17.8. The van der Waals surface area contributed by atoms with Gasteiger partial charge in [0.15, 0.2) is 0 Å². The van der Waals surface area contributed by atoms with Crippen LogP contribution in [0.15, 0.2) is 12.7 Å². The number of likely N-dealkylation sites (tertiary alicyclic amines) is 1. The molecule has 0 aromatic heterocycles. The minimum Gasteiger partial charge on any atom is -0.479 e. The maximum absolute atomic E-state index is 13.1. The number of carboxylic acids is 1. The number of halogens is 1. The molecule has 1 amide bonds. The van der Waals surface area contributed by atoms with Crippen molar-refractivity contribution in [2.75, 3.05) is 6.54 Å². The number of nitrogens with zero attached hydrogens (tertiary/aromatic N) is 1. The summed E-state index contributed by atoms with van der Waals surface area (Å²) < 4.78 is 13.1. The molecule has 1 rings (SSSR count). The van der Waals surface area contributed by atoms with Gasteiger partial charge in [-0.1, -0.05) is 6.08 Å². The van der Waals surface area contributed by atoms with Crippen LogP contribution < -0.4 is 0 Å². The average molecular weight is 217 g/mol. The molecule has 1 aliphatic rings. The second-order valence-corrected chi connectivity index (χ2v) is 3.52. The number of hydrogen-bond donors (Lipinski definition) is 2. The Morgan fingerprint density at radius 2 is 2.20 bits per heavy atom. The largest absolute Gasteiger partial charge is 0.479 e. The fraction of sp³-hybridized carbons (Fsp3) is 0.556. The molecule has 15 heavy (non-hydrogen) atoms. The van der Waals surface area contributed by atoms with Crippen molar-refractivity contribution in [2.24, 2.45) is 0 Å². The quantitative estimate of drug-likeness (QED) is 0.694. The van der Waals surface area contributed by atoms with Crippen molar-refractivity contribution in [1.29, 1.82) is 0 Å². The number of carboxylic acid groups (broad SMARTS) is 2. The number of aliphatic carboxylic acids is 1. The van der Waals surface area contributed by atoms with Crippen LogP contribution in [-0.4, -0.2) is 45.4 Å². The van der Waals surface area contributed by atoms with E-state index in [1.807, 2.05) is 0 Å². The van der Waals surface area contributed by atoms with Crippen LogP contribution in [-0.2, 0) is 4.79 Å². The summed E-state index contributed by atoms with van der Waals surface area (Å²) in [6.45, 7) is 2.97. The van der Waals surface area contributed by atoms with Gasteiger partial charge in [-0.2, -0.15) is 0 Å². The van der Waals surface area contributed by atoms with E-state index >= 15 is 0 Å². The van der Waals surface area contributed by atoms with E-state index < -0.39 is 30.3 Å². The topological polar surface area (TPSA) is 77.8 Å². The van der Waals surface area contributed by atoms with Gasteiger partial charge in [-0.25, -0.2) is 14.0 Å². The number of rotatable bonds is 3. The highest BCUT2D eigenvalue weighted by Gasteiger charge is 2.53. The number of carbonyl (C=O) groups is 2. The van der Waals surface area contributed by atoms with Crippen molar-refractivity contribution >= 4 is 12.1 Å². The van der Waals surface area contributed by atoms with Crippen LogP contribution in [0.4, 0.5) is 9.18 Å². The number of alkyl halides is 1. The van der Waals surface area contributed by atoms with Gasteiger partial charge in [-0.05, 0) is 6.42 Å². The molecule has 1 fully saturated rings. The van der Waals surface area contributed by atoms with Crippen LogP contribution in [0.2, 0.25) is 0 Å². The number of amides is 1. The lowest BCUT2D eigenvalue weighted by molar-refractivity contribution is -0.148. The summed E-state index contributed by atoms with van der Waals surface area (Å²) in [5.74, 6) is -1.33. The van der Waals surface area contributed by atoms with Gasteiger partial charge in [0.1, 0.15) is 11.7 Å². The van der Waals surface area contributed by atoms with Gasteiger partial charge in [0.2, 0.25) is 0 Å². The molecule has 0 saturated carbocycles. The lowest BCUT2D eigenvalue weighted by Crippen LogP contribution is -2.52. The molecule has 1 saturated heterocycles. The zero-order valence-electron chi connectivity index (χ0n) is 8.02. The maximum atomic E-state index is 13.1. The SMILES string of the molecule is C=CC[C@]1(C(=O)O)C[C@@H](F)CN1C(=O)O. The van der Waals surface area contributed by atoms with Crippen LogP contribution in [0.5, 0.6) is 0 Å². The molecule has 0 spiro atoms. The van der Waals surface area contributed by atoms with Gasteiger partial charge in [0.25, 0.3) is 0 Å². The molecule has 1 aliphatic heterocycles. The summed E-state index contributed by atoms with van der Waals surface area (Å²) in [6.07, 6.45) is -1.96. The van der Waals surface area contributed by atoms with Gasteiger partial charge >= 0.3 is 12.1 Å². The molecule has 2 N–H and O–H groups in total. The Morgan fingerprint density at radius 3 is 2.60 bits per heavy atom. The Labute approximate surface area is 85.8 Å². The Bertz CT molecular complexity index is 306. The first-order valence-corrected chi connectivity index (χ1v) is 4.43. The molecular weight excluding hydrogens is 205 g/mol. The predicted molar refractivity (Wildman–Crippen MR) is 49.4 cm³/mol. The first-order chi connectivity index (χ1) is 6.94. The molecule has 84 valence electrons. The van der Waals surface area contributed by atoms with Crippen molar-refractivity contribution in [3.05, 3.63) is 12.7 Å². The Morgan fingerprint density at radius 1 is 1.60 bits per heavy atom. The summed E-state index contributed by atoms with van der Waals surface area (Å²) in [5.41, 5.74) is -1.69. The lowest BCUT2D eigenvalue weighted by Gasteiger charge is -2.31. The molecule has 6 heteroatoms. The van der Waals surface area contributed by atoms with Gasteiger partial charge in [-0.3, -0.25) is 4.90 Å². The highest BCUT2D eigenvalue weighted by Crippen LogP contribution is 2.34. The van der Waals surface area contributed by atoms with Crippen molar-refractivity contribution in [2.45, 2.75) is 24.6 Å². The highest BCUT2D eigenvalue weighted by atomic mass is 19.1. The van der Waals surface area contributed by atoms with E-state index in [1.165, 1.54) is 6.08 Å². The van der Waals surface area contributed by atoms with E-state index in [4.69, 9.17) is 10.2 Å². The molecule has 0 aliphatic carbocycles. The van der Waals surface area contributed by atoms with Crippen LogP contribution in [0.3, 0.4) is 0 Å². The Kier molecular flexibility index (Phi) is 2.97. The lowest BCUT2D eigenvalue weighted by atomic mass is 9.92. The molecule has 0 bridgehead atoms. The van der Waals surface area contributed by atoms with Crippen LogP contribution in [0, 0.1) is 0 Å². The summed E-state index contributed by atoms with van der Waals surface area (Å²) in [7, 11) is 0. The molecule has 0 aromatic carbocycles. The molecule has 0 unspecified atom stereocenters. The van der Waals surface area contributed by atoms with E-state index in [2.05, 4.69) is 6.58 Å². The summed E-state index contributed by atoms with van der Waals surface area (Å²) in [6, 6.07) is 0. The maximum Gasteiger partial charge on any atom is 0.408 e. The second-order valence-electron chi connectivity index (χ2n) is 3.52. The third-order valence-corrected chi connectivity index (χ3v) is 2.57. The van der Waals surface area contributed by atoms with E-state index in [0.717, 1.165) is 0 Å². The first kappa shape index (κ1) is 11.5. The van der Waals surface area contributed by atoms with Gasteiger partial charge in [0.05, 0.1) is 6.54 Å². The summed E-state index contributed by atoms with van der Waals surface area (Å²) >= 11 is 0. The van der Waals surface area contributed by atoms with Gasteiger partial charge in [-0.15, -0.1) is 6.58 Å². The third kappa shape index (κ3) is 1.79. The molecule has 2 atom stereocenters. The third-order valence-electron chi connectivity index (χ3n) is 2.57. The smallest absolute Gasteiger partial charge is 0.408 e. The van der Waals surface area contributed by atoms with Gasteiger partial charge < -0.3 is 10.2 Å². The molecule has 0 radical (unpaired) electrons. The monoisotopic (exact) mass is 217 g/mol. The second kappa shape index (κ2) is 3.88. The minimum atomic E-state index is -1.69. The van der Waals surface area contributed by atoms with E-state index in [9.17, 15) is 14.0 Å². The Hall–Kier alpha value is -1.59. The van der Waals surface area contributed by atoms with Gasteiger partial charge in [0, 0.05) is 6.42 Å². The molecule has 0 aromatic rings. The zero-order chi connectivity index (χ0) is 11.6. The van der Waals surface area contributed by atoms with Crippen LogP contribution in [0.1, 0.15) is 12.8 Å². The molecular formula is C9H12FNO4. The van der Waals surface area contributed by atoms with Crippen molar-refractivity contribution < 1.29 is 24.2 Å². The van der Waals surface area contributed by atoms with E-state index in [1.54, 1.807) is 0 Å². The van der Waals surface area contributed by atoms with Crippen molar-refractivity contribution in [3.63, 3.8) is 0 Å². The fourth-order valence-corrected chi connectivity index (χ4v) is 1.90. The zero-order valence-corrected chi connectivity index (χ0v) is 8.02. The van der Waals surface area contributed by atoms with Crippen LogP contribution in [0.25, 0.3) is 0 Å². The highest BCUT2D eigenvalue weighted by molar-refractivity contribution is 5.85.